The largest absolute Gasteiger partial charge is 2.00 e. The monoisotopic (exact) mass is 829 g/mol. The van der Waals surface area contributed by atoms with E-state index >= 15 is 0 Å². The summed E-state index contributed by atoms with van der Waals surface area (Å²) < 4.78 is 143. The topological polar surface area (TPSA) is 0 Å². The number of halogens is 10. The van der Waals surface area contributed by atoms with Crippen LogP contribution in [0.5, 0.6) is 0 Å². The molecule has 0 fully saturated rings. The minimum atomic E-state index is -2.50. The summed E-state index contributed by atoms with van der Waals surface area (Å²) in [5, 5.41) is 2.47. The second-order valence-electron chi connectivity index (χ2n) is 12.0. The Bertz CT molecular complexity index is 2300. The summed E-state index contributed by atoms with van der Waals surface area (Å²) in [6.45, 7) is 11.5. The first-order chi connectivity index (χ1) is 24.5. The molecule has 5 aromatic carbocycles. The van der Waals surface area contributed by atoms with E-state index in [4.69, 9.17) is 7.49 Å². The molecule has 0 saturated carbocycles. The molecule has 271 valence electrons. The summed E-state index contributed by atoms with van der Waals surface area (Å²) in [5.74, 6) is -26.1. The van der Waals surface area contributed by atoms with Crippen LogP contribution in [-0.4, -0.2) is 21.4 Å². The molecule has 1 unspecified atom stereocenters. The number of rotatable bonds is 3. The van der Waals surface area contributed by atoms with Gasteiger partial charge in [-0.2, -0.15) is 23.6 Å². The second kappa shape index (κ2) is 18.0. The van der Waals surface area contributed by atoms with E-state index < -0.39 is 94.7 Å². The van der Waals surface area contributed by atoms with Gasteiger partial charge in [-0.3, -0.25) is 6.08 Å². The molecule has 0 bridgehead atoms. The van der Waals surface area contributed by atoms with Crippen LogP contribution in [-0.2, 0) is 26.2 Å². The maximum Gasteiger partial charge on any atom is 2.00 e. The smallest absolute Gasteiger partial charge is 0.168 e. The first kappa shape index (κ1) is 43.6. The Morgan fingerprint density at radius 2 is 1.23 bits per heavy atom. The number of benzene rings is 4. The Labute approximate surface area is 322 Å². The van der Waals surface area contributed by atoms with E-state index in [-0.39, 0.29) is 37.0 Å². The van der Waals surface area contributed by atoms with Crippen molar-refractivity contribution >= 4 is 37.7 Å². The van der Waals surface area contributed by atoms with Crippen molar-refractivity contribution < 1.29 is 70.1 Å². The van der Waals surface area contributed by atoms with Gasteiger partial charge in [-0.25, -0.2) is 11.1 Å². The van der Waals surface area contributed by atoms with Gasteiger partial charge in [0.25, 0.3) is 0 Å². The van der Waals surface area contributed by atoms with E-state index in [1.54, 1.807) is 13.1 Å². The van der Waals surface area contributed by atoms with Gasteiger partial charge in [-0.05, 0) is 0 Å². The SMILES string of the molecule is C[C-]=C(C)C(C)=CC.[B]=C1c2cccc(=[Si](C)C)c2=C(c2c(F)c(F)c(F)c(F)c2F)C1c1c(F)c(F)c(F)c(F)c1F.[Zr+2].c1ccc2[cH-]ccc2c1. The number of fused-ring (bicyclic) bond motifs is 2. The van der Waals surface area contributed by atoms with Crippen molar-refractivity contribution in [1.82, 2.24) is 0 Å². The molecule has 5 aromatic rings. The molecule has 13 heteroatoms. The Morgan fingerprint density at radius 3 is 1.70 bits per heavy atom. The molecule has 0 saturated heterocycles. The molecule has 0 heterocycles. The third-order valence-corrected chi connectivity index (χ3v) is 10.2. The third-order valence-electron chi connectivity index (χ3n) is 8.74. The van der Waals surface area contributed by atoms with Crippen molar-refractivity contribution in [3.8, 4) is 0 Å². The Balaban J connectivity index is 0.000000343. The van der Waals surface area contributed by atoms with E-state index in [2.05, 4.69) is 68.5 Å². The summed E-state index contributed by atoms with van der Waals surface area (Å²) in [6, 6.07) is 18.8. The van der Waals surface area contributed by atoms with Gasteiger partial charge < -0.3 is 0 Å². The van der Waals surface area contributed by atoms with E-state index in [1.165, 1.54) is 40.1 Å². The van der Waals surface area contributed by atoms with Gasteiger partial charge >= 0.3 is 219 Å². The van der Waals surface area contributed by atoms with Crippen molar-refractivity contribution in [2.75, 3.05) is 0 Å². The molecule has 53 heavy (non-hydrogen) atoms. The van der Waals surface area contributed by atoms with Crippen LogP contribution in [0, 0.1) is 69.1 Å². The number of hydrogen-bond acceptors (Lipinski definition) is 0. The molecule has 0 nitrogen and oxygen atoms in total. The summed E-state index contributed by atoms with van der Waals surface area (Å²) in [7, 11) is 4.44. The van der Waals surface area contributed by atoms with Crippen molar-refractivity contribution in [1.29, 1.82) is 0 Å². The van der Waals surface area contributed by atoms with Gasteiger partial charge in [0.15, 0.2) is 0 Å². The van der Waals surface area contributed by atoms with Gasteiger partial charge in [-0.15, -0.1) is 43.5 Å². The van der Waals surface area contributed by atoms with Gasteiger partial charge in [-0.1, -0.05) is 19.9 Å². The Hall–Kier alpha value is -3.83. The average molecular weight is 831 g/mol. The fourth-order valence-electron chi connectivity index (χ4n) is 5.72. The fourth-order valence-corrected chi connectivity index (χ4v) is 6.92. The average Bonchev–Trinajstić information content (AvgIpc) is 3.74. The van der Waals surface area contributed by atoms with Crippen LogP contribution < -0.4 is 5.22 Å². The minimum Gasteiger partial charge on any atom is -0.168 e. The van der Waals surface area contributed by atoms with E-state index in [9.17, 15) is 43.9 Å². The molecular formula is C40H30BF10SiZr. The molecule has 0 aromatic heterocycles. The first-order valence-corrected chi connectivity index (χ1v) is 18.2. The maximum absolute atomic E-state index is 14.9. The molecule has 1 radical (unpaired) electrons. The normalized spacial score (nSPS) is 13.9. The zero-order valence-corrected chi connectivity index (χ0v) is 32.7. The minimum absolute atomic E-state index is 0. The molecule has 6 rings (SSSR count). The molecule has 0 aliphatic heterocycles. The Morgan fingerprint density at radius 1 is 0.717 bits per heavy atom. The molecule has 0 spiro atoms. The predicted molar refractivity (Wildman–Crippen MR) is 187 cm³/mol. The summed E-state index contributed by atoms with van der Waals surface area (Å²) >= 11 is 0. The van der Waals surface area contributed by atoms with Crippen LogP contribution in [0.4, 0.5) is 43.9 Å². The first-order valence-electron chi connectivity index (χ1n) is 15.7. The molecule has 1 atom stereocenters. The van der Waals surface area contributed by atoms with Crippen molar-refractivity contribution in [2.24, 2.45) is 0 Å². The summed E-state index contributed by atoms with van der Waals surface area (Å²) in [6.07, 6.45) is 5.15. The Kier molecular flexibility index (Phi) is 14.8. The van der Waals surface area contributed by atoms with E-state index in [0.29, 0.717) is 4.81 Å². The van der Waals surface area contributed by atoms with E-state index in [1.807, 2.05) is 13.8 Å². The van der Waals surface area contributed by atoms with Crippen molar-refractivity contribution in [3.05, 3.63) is 169 Å². The van der Waals surface area contributed by atoms with Gasteiger partial charge in [0, 0.05) is 0 Å². The van der Waals surface area contributed by atoms with Crippen molar-refractivity contribution in [2.45, 2.75) is 46.7 Å². The number of hydrogen-bond donors (Lipinski definition) is 0. The summed E-state index contributed by atoms with van der Waals surface area (Å²) in [4.78, 5) is 0.320. The molecule has 1 aliphatic carbocycles. The van der Waals surface area contributed by atoms with E-state index in [0.717, 1.165) is 0 Å². The van der Waals surface area contributed by atoms with Gasteiger partial charge in [0.1, 0.15) is 0 Å². The van der Waals surface area contributed by atoms with Crippen LogP contribution in [0.2, 0.25) is 13.1 Å². The zero-order chi connectivity index (χ0) is 38.8. The zero-order valence-electron chi connectivity index (χ0n) is 29.3. The molecule has 0 N–H and O–H groups in total. The van der Waals surface area contributed by atoms with Crippen LogP contribution in [0.15, 0.2) is 77.9 Å². The van der Waals surface area contributed by atoms with Crippen molar-refractivity contribution in [3.63, 3.8) is 0 Å². The fraction of sp³-hybridized carbons (Fsp3) is 0.175. The standard InChI is InChI=1S/C23H10BF10Si.C9H7.C8H13.Zr/c1-35(2)7-5-3-4-6-8(7)9(11-14(25)18(29)22(33)19(30)15(11)26)10(13(6)24)12-16(27)20(31)23(34)21(32)17(12)28;1-2-5-9-7-3-6-8(9)4-1;1-5-7(3)8(4)6-2;/h3-5,10H,1-2H3;1-7H;5H,1-4H3;/q;2*-1;+2. The van der Waals surface area contributed by atoms with Gasteiger partial charge in [0.2, 0.25) is 0 Å². The maximum atomic E-state index is 14.9. The number of allylic oxidation sites excluding steroid dienone is 4. The molecule has 1 aliphatic rings. The summed E-state index contributed by atoms with van der Waals surface area (Å²) in [5.41, 5.74) is -2.18. The second-order valence-corrected chi connectivity index (χ2v) is 14.5. The molecule has 0 amide bonds. The van der Waals surface area contributed by atoms with Crippen LogP contribution in [0.3, 0.4) is 0 Å². The quantitative estimate of drug-likeness (QED) is 0.0424. The van der Waals surface area contributed by atoms with Gasteiger partial charge in [0.05, 0.1) is 0 Å². The van der Waals surface area contributed by atoms with Crippen LogP contribution in [0.25, 0.3) is 16.3 Å². The third kappa shape index (κ3) is 8.31. The van der Waals surface area contributed by atoms with Crippen LogP contribution in [0.1, 0.15) is 50.3 Å². The van der Waals surface area contributed by atoms with Crippen LogP contribution >= 0.6 is 0 Å². The predicted octanol–water partition coefficient (Wildman–Crippen LogP) is 10.6. The molecular weight excluding hydrogens is 801 g/mol.